The van der Waals surface area contributed by atoms with Crippen LogP contribution in [0.1, 0.15) is 43.9 Å². The summed E-state index contributed by atoms with van der Waals surface area (Å²) in [6.07, 6.45) is 4.28. The molecule has 2 aromatic carbocycles. The van der Waals surface area contributed by atoms with E-state index in [1.165, 1.54) is 0 Å². The van der Waals surface area contributed by atoms with Gasteiger partial charge >= 0.3 is 5.97 Å². The van der Waals surface area contributed by atoms with Gasteiger partial charge in [-0.2, -0.15) is 0 Å². The van der Waals surface area contributed by atoms with Crippen LogP contribution in [0.3, 0.4) is 0 Å². The smallest absolute Gasteiger partial charge is 0.326 e. The zero-order chi connectivity index (χ0) is 26.1. The Hall–Kier alpha value is -3.52. The lowest BCUT2D eigenvalue weighted by Gasteiger charge is -2.17. The van der Waals surface area contributed by atoms with Gasteiger partial charge in [0, 0.05) is 5.56 Å². The van der Waals surface area contributed by atoms with Gasteiger partial charge in [-0.3, -0.25) is 19.3 Å². The maximum atomic E-state index is 12.9. The van der Waals surface area contributed by atoms with Gasteiger partial charge < -0.3 is 14.2 Å². The van der Waals surface area contributed by atoms with Crippen molar-refractivity contribution in [1.82, 2.24) is 4.90 Å². The number of ether oxygens (including phenoxy) is 3. The van der Waals surface area contributed by atoms with Crippen LogP contribution in [0.5, 0.6) is 11.5 Å². The summed E-state index contributed by atoms with van der Waals surface area (Å²) in [6, 6.07) is 13.5. The Bertz CT molecular complexity index is 1140. The summed E-state index contributed by atoms with van der Waals surface area (Å²) in [5.74, 6) is 0.00694. The molecule has 1 saturated heterocycles. The average molecular weight is 510 g/mol. The summed E-state index contributed by atoms with van der Waals surface area (Å²) in [5, 5.41) is -0.508. The molecule has 7 nitrogen and oxygen atoms in total. The molecule has 0 unspecified atom stereocenters. The lowest BCUT2D eigenvalue weighted by molar-refractivity contribution is -0.150. The van der Waals surface area contributed by atoms with E-state index in [1.807, 2.05) is 50.2 Å². The molecule has 36 heavy (non-hydrogen) atoms. The predicted octanol–water partition coefficient (Wildman–Crippen LogP) is 5.77. The number of allylic oxidation sites excluding steroid dienone is 1. The van der Waals surface area contributed by atoms with Crippen molar-refractivity contribution in [1.29, 1.82) is 0 Å². The molecule has 0 bridgehead atoms. The van der Waals surface area contributed by atoms with Crippen LogP contribution in [-0.4, -0.2) is 41.3 Å². The van der Waals surface area contributed by atoms with Crippen molar-refractivity contribution in [2.45, 2.75) is 46.3 Å². The summed E-state index contributed by atoms with van der Waals surface area (Å²) >= 11 is 0.792. The van der Waals surface area contributed by atoms with E-state index in [1.54, 1.807) is 25.1 Å². The van der Waals surface area contributed by atoms with E-state index >= 15 is 0 Å². The molecule has 1 heterocycles. The third-order valence-electron chi connectivity index (χ3n) is 5.41. The monoisotopic (exact) mass is 509 g/mol. The van der Waals surface area contributed by atoms with Crippen molar-refractivity contribution in [2.24, 2.45) is 0 Å². The molecule has 1 atom stereocenters. The fraction of sp³-hybridized carbons (Fsp3) is 0.321. The van der Waals surface area contributed by atoms with Crippen molar-refractivity contribution in [3.05, 3.63) is 76.7 Å². The minimum atomic E-state index is -0.611. The molecule has 0 aromatic heterocycles. The summed E-state index contributed by atoms with van der Waals surface area (Å²) in [5.41, 5.74) is 2.54. The number of nitrogens with zero attached hydrogens (tertiary/aromatic N) is 1. The minimum Gasteiger partial charge on any atom is -0.490 e. The Morgan fingerprint density at radius 2 is 1.89 bits per heavy atom. The van der Waals surface area contributed by atoms with Crippen molar-refractivity contribution in [3.8, 4) is 11.5 Å². The molecule has 0 aliphatic carbocycles. The first-order chi connectivity index (χ1) is 17.4. The Labute approximate surface area is 216 Å². The van der Waals surface area contributed by atoms with Gasteiger partial charge in [0.1, 0.15) is 13.2 Å². The molecule has 0 radical (unpaired) electrons. The highest BCUT2D eigenvalue weighted by molar-refractivity contribution is 8.18. The molecular weight excluding hydrogens is 478 g/mol. The lowest BCUT2D eigenvalue weighted by Crippen LogP contribution is -2.35. The zero-order valence-electron chi connectivity index (χ0n) is 20.8. The van der Waals surface area contributed by atoms with Crippen LogP contribution in [0.25, 0.3) is 6.08 Å². The Morgan fingerprint density at radius 1 is 1.14 bits per heavy atom. The number of hydrogen-bond donors (Lipinski definition) is 0. The molecule has 0 N–H and O–H groups in total. The number of imide groups is 1. The average Bonchev–Trinajstić information content (AvgIpc) is 3.11. The van der Waals surface area contributed by atoms with Gasteiger partial charge in [0.15, 0.2) is 11.5 Å². The van der Waals surface area contributed by atoms with Gasteiger partial charge in [-0.15, -0.1) is 6.58 Å². The Balaban J connectivity index is 1.86. The van der Waals surface area contributed by atoms with Crippen molar-refractivity contribution in [2.75, 3.05) is 13.2 Å². The topological polar surface area (TPSA) is 82.1 Å². The largest absolute Gasteiger partial charge is 0.490 e. The third kappa shape index (κ3) is 7.01. The fourth-order valence-corrected chi connectivity index (χ4v) is 4.33. The van der Waals surface area contributed by atoms with Gasteiger partial charge in [-0.25, -0.2) is 0 Å². The normalized spacial score (nSPS) is 15.2. The van der Waals surface area contributed by atoms with Gasteiger partial charge in [0.25, 0.3) is 11.1 Å². The number of amides is 2. The molecule has 3 rings (SSSR count). The number of carbonyl (C=O) groups is 3. The first kappa shape index (κ1) is 27.1. The molecule has 0 saturated carbocycles. The van der Waals surface area contributed by atoms with Crippen LogP contribution in [0.15, 0.2) is 60.0 Å². The Kier molecular flexibility index (Phi) is 9.76. The highest BCUT2D eigenvalue weighted by Crippen LogP contribution is 2.37. The molecule has 2 aromatic rings. The third-order valence-corrected chi connectivity index (χ3v) is 6.32. The quantitative estimate of drug-likeness (QED) is 0.204. The SMILES string of the molecule is C=CCc1cc(/C=C2\SC(=O)N(CC(=O)O[C@H](C)CC)C2=O)cc(OCC)c1OCc1ccccc1. The van der Waals surface area contributed by atoms with Crippen molar-refractivity contribution >= 4 is 35.0 Å². The fourth-order valence-electron chi connectivity index (χ4n) is 3.49. The number of benzene rings is 2. The number of carbonyl (C=O) groups excluding carboxylic acids is 3. The zero-order valence-corrected chi connectivity index (χ0v) is 21.6. The van der Waals surface area contributed by atoms with Gasteiger partial charge in [0.2, 0.25) is 0 Å². The highest BCUT2D eigenvalue weighted by atomic mass is 32.2. The second kappa shape index (κ2) is 13.0. The minimum absolute atomic E-state index is 0.223. The van der Waals surface area contributed by atoms with E-state index in [4.69, 9.17) is 14.2 Å². The molecule has 0 spiro atoms. The summed E-state index contributed by atoms with van der Waals surface area (Å²) < 4.78 is 17.2. The second-order valence-electron chi connectivity index (χ2n) is 8.18. The molecule has 2 amide bonds. The van der Waals surface area contributed by atoms with Crippen LogP contribution in [-0.2, 0) is 27.4 Å². The van der Waals surface area contributed by atoms with Crippen LogP contribution < -0.4 is 9.47 Å². The van der Waals surface area contributed by atoms with Crippen molar-refractivity contribution in [3.63, 3.8) is 0 Å². The number of thioether (sulfide) groups is 1. The first-order valence-corrected chi connectivity index (χ1v) is 12.7. The van der Waals surface area contributed by atoms with E-state index in [0.29, 0.717) is 43.1 Å². The molecule has 1 aliphatic rings. The van der Waals surface area contributed by atoms with Crippen LogP contribution in [0, 0.1) is 0 Å². The second-order valence-corrected chi connectivity index (χ2v) is 9.18. The molecule has 1 fully saturated rings. The molecule has 190 valence electrons. The summed E-state index contributed by atoms with van der Waals surface area (Å²) in [4.78, 5) is 38.6. The van der Waals surface area contributed by atoms with Crippen molar-refractivity contribution < 1.29 is 28.6 Å². The van der Waals surface area contributed by atoms with Crippen LogP contribution in [0.2, 0.25) is 0 Å². The summed E-state index contributed by atoms with van der Waals surface area (Å²) in [7, 11) is 0. The van der Waals surface area contributed by atoms with Gasteiger partial charge in [0.05, 0.1) is 17.6 Å². The standard InChI is InChI=1S/C28H31NO6S/c1-5-11-22-14-21(15-23(33-7-3)26(22)34-18-20-12-9-8-10-13-20)16-24-27(31)29(28(32)36-24)17-25(30)35-19(4)6-2/h5,8-10,12-16,19H,1,6-7,11,17-18H2,2-4H3/b24-16-/t19-/m1/s1. The van der Waals surface area contributed by atoms with Crippen LogP contribution >= 0.6 is 11.8 Å². The van der Waals surface area contributed by atoms with Crippen LogP contribution in [0.4, 0.5) is 4.79 Å². The Morgan fingerprint density at radius 3 is 2.56 bits per heavy atom. The number of rotatable bonds is 12. The van der Waals surface area contributed by atoms with E-state index < -0.39 is 23.7 Å². The van der Waals surface area contributed by atoms with E-state index in [0.717, 1.165) is 27.8 Å². The maximum absolute atomic E-state index is 12.9. The maximum Gasteiger partial charge on any atom is 0.326 e. The molecule has 1 aliphatic heterocycles. The number of esters is 1. The van der Waals surface area contributed by atoms with E-state index in [2.05, 4.69) is 6.58 Å². The molecular formula is C28H31NO6S. The summed E-state index contributed by atoms with van der Waals surface area (Å²) in [6.45, 7) is 9.75. The lowest BCUT2D eigenvalue weighted by atomic mass is 10.0. The first-order valence-electron chi connectivity index (χ1n) is 11.9. The van der Waals surface area contributed by atoms with E-state index in [9.17, 15) is 14.4 Å². The molecule has 8 heteroatoms. The highest BCUT2D eigenvalue weighted by Gasteiger charge is 2.37. The van der Waals surface area contributed by atoms with E-state index in [-0.39, 0.29) is 11.0 Å². The van der Waals surface area contributed by atoms with Gasteiger partial charge in [-0.1, -0.05) is 43.3 Å². The predicted molar refractivity (Wildman–Crippen MR) is 141 cm³/mol. The number of hydrogen-bond acceptors (Lipinski definition) is 7. The van der Waals surface area contributed by atoms with Gasteiger partial charge in [-0.05, 0) is 67.8 Å².